The van der Waals surface area contributed by atoms with Gasteiger partial charge in [0.2, 0.25) is 0 Å². The Hall–Kier alpha value is -4.24. The highest BCUT2D eigenvalue weighted by Gasteiger charge is 2.20. The van der Waals surface area contributed by atoms with Crippen LogP contribution >= 0.6 is 11.3 Å². The molecule has 1 aliphatic heterocycles. The monoisotopic (exact) mass is 545 g/mol. The molecule has 5 rings (SSSR count). The SMILES string of the molecule is Cc1[nH]c(C(=O)Nc2nc3c(OC(C)c4ccc(CN5CCOCC5)cc4)cc(C(=O)O)cc3s2)cc1C#N. The number of aromatic amines is 1. The number of H-pyrrole nitrogens is 1. The van der Waals surface area contributed by atoms with E-state index in [1.54, 1.807) is 6.92 Å². The standard InChI is InChI=1S/C28H27N5O5S/c1-16-21(14-29)11-22(30-16)26(34)32-28-31-25-23(12-20(27(35)36)13-24(25)39-28)38-17(2)19-5-3-18(4-6-19)15-33-7-9-37-10-8-33/h3-6,11-13,17,30H,7-10,15H2,1-2H3,(H,35,36)(H,31,32,34). The minimum atomic E-state index is -1.09. The average Bonchev–Trinajstić information content (AvgIpc) is 3.52. The van der Waals surface area contributed by atoms with Gasteiger partial charge in [0.05, 0.1) is 29.0 Å². The molecule has 3 N–H and O–H groups in total. The molecule has 4 aromatic rings. The summed E-state index contributed by atoms with van der Waals surface area (Å²) in [6.07, 6.45) is -0.374. The van der Waals surface area contributed by atoms with Crippen LogP contribution < -0.4 is 10.1 Å². The van der Waals surface area contributed by atoms with Gasteiger partial charge in [0.1, 0.15) is 29.1 Å². The third-order valence-corrected chi connectivity index (χ3v) is 7.49. The van der Waals surface area contributed by atoms with Crippen molar-refractivity contribution in [3.8, 4) is 11.8 Å². The highest BCUT2D eigenvalue weighted by molar-refractivity contribution is 7.22. The first-order chi connectivity index (χ1) is 18.8. The second-order valence-electron chi connectivity index (χ2n) is 9.32. The number of benzene rings is 2. The van der Waals surface area contributed by atoms with Crippen molar-refractivity contribution in [1.82, 2.24) is 14.9 Å². The smallest absolute Gasteiger partial charge is 0.335 e. The first-order valence-electron chi connectivity index (χ1n) is 12.4. The lowest BCUT2D eigenvalue weighted by Gasteiger charge is -2.26. The number of fused-ring (bicyclic) bond motifs is 1. The number of aryl methyl sites for hydroxylation is 1. The zero-order chi connectivity index (χ0) is 27.5. The molecule has 200 valence electrons. The van der Waals surface area contributed by atoms with Crippen molar-refractivity contribution in [3.63, 3.8) is 0 Å². The van der Waals surface area contributed by atoms with Crippen molar-refractivity contribution in [1.29, 1.82) is 5.26 Å². The number of carbonyl (C=O) groups excluding carboxylic acids is 1. The number of carboxylic acid groups (broad SMARTS) is 1. The summed E-state index contributed by atoms with van der Waals surface area (Å²) >= 11 is 1.15. The Morgan fingerprint density at radius 1 is 1.26 bits per heavy atom. The van der Waals surface area contributed by atoms with Crippen LogP contribution in [0.15, 0.2) is 42.5 Å². The first kappa shape index (κ1) is 26.4. The molecule has 1 aliphatic rings. The third-order valence-electron chi connectivity index (χ3n) is 6.57. The number of anilines is 1. The summed E-state index contributed by atoms with van der Waals surface area (Å²) in [6, 6.07) is 14.6. The second kappa shape index (κ2) is 11.2. The van der Waals surface area contributed by atoms with Crippen molar-refractivity contribution >= 4 is 38.6 Å². The van der Waals surface area contributed by atoms with Gasteiger partial charge in [0.15, 0.2) is 5.13 Å². The number of nitrogens with one attached hydrogen (secondary N) is 2. The van der Waals surface area contributed by atoms with Crippen LogP contribution in [0.1, 0.15) is 56.3 Å². The van der Waals surface area contributed by atoms with Crippen LogP contribution in [0.25, 0.3) is 10.2 Å². The zero-order valence-corrected chi connectivity index (χ0v) is 22.3. The van der Waals surface area contributed by atoms with Crippen LogP contribution in [0.2, 0.25) is 0 Å². The number of carboxylic acids is 1. The summed E-state index contributed by atoms with van der Waals surface area (Å²) in [7, 11) is 0. The van der Waals surface area contributed by atoms with Gasteiger partial charge in [-0.2, -0.15) is 5.26 Å². The molecule has 11 heteroatoms. The van der Waals surface area contributed by atoms with E-state index >= 15 is 0 Å². The fourth-order valence-electron chi connectivity index (χ4n) is 4.40. The molecule has 1 saturated heterocycles. The molecule has 10 nitrogen and oxygen atoms in total. The molecule has 0 spiro atoms. The van der Waals surface area contributed by atoms with Gasteiger partial charge in [-0.15, -0.1) is 0 Å². The van der Waals surface area contributed by atoms with E-state index in [9.17, 15) is 14.7 Å². The number of hydrogen-bond donors (Lipinski definition) is 3. The highest BCUT2D eigenvalue weighted by atomic mass is 32.1. The minimum absolute atomic E-state index is 0.0609. The molecule has 2 aromatic carbocycles. The summed E-state index contributed by atoms with van der Waals surface area (Å²) in [5.41, 5.74) is 3.86. The van der Waals surface area contributed by atoms with Crippen LogP contribution in [0, 0.1) is 18.3 Å². The highest BCUT2D eigenvalue weighted by Crippen LogP contribution is 2.36. The van der Waals surface area contributed by atoms with E-state index in [4.69, 9.17) is 14.7 Å². The second-order valence-corrected chi connectivity index (χ2v) is 10.4. The number of aromatic nitrogens is 2. The van der Waals surface area contributed by atoms with Gasteiger partial charge in [-0.3, -0.25) is 15.0 Å². The van der Waals surface area contributed by atoms with Crippen LogP contribution in [-0.2, 0) is 11.3 Å². The number of amides is 1. The first-order valence-corrected chi connectivity index (χ1v) is 13.3. The summed E-state index contributed by atoms with van der Waals surface area (Å²) in [5, 5.41) is 21.8. The van der Waals surface area contributed by atoms with Gasteiger partial charge in [-0.25, -0.2) is 9.78 Å². The van der Waals surface area contributed by atoms with Crippen molar-refractivity contribution in [2.75, 3.05) is 31.6 Å². The molecule has 2 aromatic heterocycles. The Morgan fingerprint density at radius 2 is 2.00 bits per heavy atom. The average molecular weight is 546 g/mol. The molecule has 1 unspecified atom stereocenters. The normalized spacial score (nSPS) is 14.6. The van der Waals surface area contributed by atoms with Gasteiger partial charge in [-0.1, -0.05) is 35.6 Å². The van der Waals surface area contributed by atoms with Gasteiger partial charge < -0.3 is 19.6 Å². The van der Waals surface area contributed by atoms with E-state index in [0.29, 0.717) is 27.2 Å². The Balaban J connectivity index is 1.35. The molecule has 0 aliphatic carbocycles. The molecular formula is C28H27N5O5S. The van der Waals surface area contributed by atoms with Crippen molar-refractivity contribution in [3.05, 3.63) is 76.1 Å². The lowest BCUT2D eigenvalue weighted by molar-refractivity contribution is 0.0342. The Bertz CT molecular complexity index is 1560. The Kier molecular flexibility index (Phi) is 7.60. The summed E-state index contributed by atoms with van der Waals surface area (Å²) in [5.74, 6) is -1.23. The van der Waals surface area contributed by atoms with Gasteiger partial charge in [0, 0.05) is 25.3 Å². The van der Waals surface area contributed by atoms with Crippen molar-refractivity contribution in [2.24, 2.45) is 0 Å². The zero-order valence-electron chi connectivity index (χ0n) is 21.5. The molecule has 0 radical (unpaired) electrons. The fraction of sp³-hybridized carbons (Fsp3) is 0.286. The predicted octanol–water partition coefficient (Wildman–Crippen LogP) is 4.73. The maximum atomic E-state index is 12.7. The summed E-state index contributed by atoms with van der Waals surface area (Å²) < 4.78 is 12.2. The van der Waals surface area contributed by atoms with Crippen LogP contribution in [-0.4, -0.2) is 58.2 Å². The molecule has 1 amide bonds. The fourth-order valence-corrected chi connectivity index (χ4v) is 5.31. The molecule has 0 bridgehead atoms. The predicted molar refractivity (Wildman–Crippen MR) is 146 cm³/mol. The maximum Gasteiger partial charge on any atom is 0.335 e. The maximum absolute atomic E-state index is 12.7. The third kappa shape index (κ3) is 5.93. The number of rotatable bonds is 8. The Morgan fingerprint density at radius 3 is 2.67 bits per heavy atom. The quantitative estimate of drug-likeness (QED) is 0.289. The molecule has 39 heavy (non-hydrogen) atoms. The summed E-state index contributed by atoms with van der Waals surface area (Å²) in [6.45, 7) is 7.80. The minimum Gasteiger partial charge on any atom is -0.484 e. The summed E-state index contributed by atoms with van der Waals surface area (Å²) in [4.78, 5) is 34.3. The molecular weight excluding hydrogens is 518 g/mol. The van der Waals surface area contributed by atoms with E-state index in [-0.39, 0.29) is 22.5 Å². The number of carbonyl (C=O) groups is 2. The van der Waals surface area contributed by atoms with E-state index in [1.807, 2.05) is 25.1 Å². The van der Waals surface area contributed by atoms with Crippen LogP contribution in [0.3, 0.4) is 0 Å². The number of nitriles is 1. The van der Waals surface area contributed by atoms with Crippen LogP contribution in [0.4, 0.5) is 5.13 Å². The van der Waals surface area contributed by atoms with E-state index in [1.165, 1.54) is 23.8 Å². The number of hydrogen-bond acceptors (Lipinski definition) is 8. The van der Waals surface area contributed by atoms with E-state index in [2.05, 4.69) is 32.3 Å². The van der Waals surface area contributed by atoms with E-state index < -0.39 is 11.9 Å². The number of thiazole rings is 1. The molecule has 3 heterocycles. The van der Waals surface area contributed by atoms with Gasteiger partial charge in [-0.05, 0) is 43.2 Å². The number of morpholine rings is 1. The lowest BCUT2D eigenvalue weighted by atomic mass is 10.1. The van der Waals surface area contributed by atoms with Crippen molar-refractivity contribution in [2.45, 2.75) is 26.5 Å². The number of aromatic carboxylic acids is 1. The largest absolute Gasteiger partial charge is 0.484 e. The topological polar surface area (TPSA) is 141 Å². The Labute approximate surface area is 228 Å². The lowest BCUT2D eigenvalue weighted by Crippen LogP contribution is -2.35. The van der Waals surface area contributed by atoms with Crippen molar-refractivity contribution < 1.29 is 24.2 Å². The van der Waals surface area contributed by atoms with Gasteiger partial charge in [0.25, 0.3) is 5.91 Å². The van der Waals surface area contributed by atoms with Gasteiger partial charge >= 0.3 is 5.97 Å². The molecule has 0 saturated carbocycles. The molecule has 1 atom stereocenters. The number of ether oxygens (including phenoxy) is 2. The van der Waals surface area contributed by atoms with Crippen LogP contribution in [0.5, 0.6) is 5.75 Å². The van der Waals surface area contributed by atoms with E-state index in [0.717, 1.165) is 49.7 Å². The molecule has 1 fully saturated rings. The number of nitrogens with zero attached hydrogens (tertiary/aromatic N) is 3.